The number of amides is 1. The molecular formula is C14H25N5O. The van der Waals surface area contributed by atoms with E-state index in [1.807, 2.05) is 0 Å². The predicted molar refractivity (Wildman–Crippen MR) is 79.2 cm³/mol. The third-order valence-corrected chi connectivity index (χ3v) is 3.84. The van der Waals surface area contributed by atoms with Crippen molar-refractivity contribution in [3.63, 3.8) is 0 Å². The van der Waals surface area contributed by atoms with Crippen molar-refractivity contribution in [1.82, 2.24) is 20.0 Å². The summed E-state index contributed by atoms with van der Waals surface area (Å²) in [6, 6.07) is 0.687. The molecule has 1 aromatic heterocycles. The van der Waals surface area contributed by atoms with E-state index >= 15 is 0 Å². The summed E-state index contributed by atoms with van der Waals surface area (Å²) in [4.78, 5) is 14.2. The van der Waals surface area contributed by atoms with Crippen molar-refractivity contribution in [2.24, 2.45) is 0 Å². The predicted octanol–water partition coefficient (Wildman–Crippen LogP) is 0.846. The van der Waals surface area contributed by atoms with E-state index in [-0.39, 0.29) is 12.5 Å². The third kappa shape index (κ3) is 4.52. The molecule has 20 heavy (non-hydrogen) atoms. The molecule has 6 nitrogen and oxygen atoms in total. The van der Waals surface area contributed by atoms with E-state index in [0.717, 1.165) is 19.5 Å². The number of hydrogen-bond donors (Lipinski definition) is 2. The van der Waals surface area contributed by atoms with Gasteiger partial charge in [0.1, 0.15) is 6.54 Å². The molecule has 2 heterocycles. The van der Waals surface area contributed by atoms with Gasteiger partial charge in [-0.2, -0.15) is 5.10 Å². The van der Waals surface area contributed by atoms with Gasteiger partial charge in [-0.15, -0.1) is 0 Å². The van der Waals surface area contributed by atoms with Crippen molar-refractivity contribution in [2.75, 3.05) is 25.4 Å². The number of rotatable bonds is 6. The van der Waals surface area contributed by atoms with Crippen LogP contribution in [0.15, 0.2) is 12.4 Å². The number of nitrogens with two attached hydrogens (primary N) is 1. The van der Waals surface area contributed by atoms with Crippen molar-refractivity contribution in [3.05, 3.63) is 12.4 Å². The van der Waals surface area contributed by atoms with Crippen LogP contribution in [-0.2, 0) is 11.3 Å². The molecule has 0 aliphatic carbocycles. The number of likely N-dealkylation sites (tertiary alicyclic amines) is 1. The normalized spacial score (nSPS) is 19.9. The molecule has 1 saturated heterocycles. The molecule has 0 radical (unpaired) electrons. The topological polar surface area (TPSA) is 76.2 Å². The average Bonchev–Trinajstić information content (AvgIpc) is 2.82. The van der Waals surface area contributed by atoms with Gasteiger partial charge in [-0.3, -0.25) is 9.48 Å². The molecule has 0 spiro atoms. The lowest BCUT2D eigenvalue weighted by molar-refractivity contribution is -0.121. The summed E-state index contributed by atoms with van der Waals surface area (Å²) >= 11 is 0. The van der Waals surface area contributed by atoms with Crippen molar-refractivity contribution in [3.8, 4) is 0 Å². The van der Waals surface area contributed by atoms with Crippen molar-refractivity contribution >= 4 is 11.6 Å². The molecular weight excluding hydrogens is 254 g/mol. The minimum Gasteiger partial charge on any atom is -0.396 e. The first-order chi connectivity index (χ1) is 9.65. The Morgan fingerprint density at radius 2 is 2.40 bits per heavy atom. The monoisotopic (exact) mass is 279 g/mol. The van der Waals surface area contributed by atoms with Gasteiger partial charge in [0.15, 0.2) is 0 Å². The molecule has 1 amide bonds. The lowest BCUT2D eigenvalue weighted by atomic mass is 10.0. The maximum Gasteiger partial charge on any atom is 0.241 e. The minimum atomic E-state index is -0.0141. The fraction of sp³-hybridized carbons (Fsp3) is 0.714. The molecule has 1 aromatic rings. The quantitative estimate of drug-likeness (QED) is 0.757. The Labute approximate surface area is 120 Å². The number of hydrogen-bond acceptors (Lipinski definition) is 4. The maximum atomic E-state index is 11.7. The molecule has 1 aliphatic rings. The Bertz CT molecular complexity index is 431. The van der Waals surface area contributed by atoms with Crippen molar-refractivity contribution in [1.29, 1.82) is 0 Å². The zero-order valence-electron chi connectivity index (χ0n) is 12.2. The number of nitrogens with one attached hydrogen (secondary N) is 1. The molecule has 1 unspecified atom stereocenters. The number of anilines is 1. The molecule has 3 N–H and O–H groups in total. The van der Waals surface area contributed by atoms with Crippen LogP contribution in [0.4, 0.5) is 5.69 Å². The Balaban J connectivity index is 1.59. The number of carbonyl (C=O) groups excluding carboxylic acids is 1. The molecule has 112 valence electrons. The second-order valence-electron chi connectivity index (χ2n) is 5.56. The first-order valence-electron chi connectivity index (χ1n) is 7.44. The zero-order chi connectivity index (χ0) is 14.4. The van der Waals surface area contributed by atoms with Crippen LogP contribution < -0.4 is 11.1 Å². The van der Waals surface area contributed by atoms with E-state index in [2.05, 4.69) is 22.2 Å². The van der Waals surface area contributed by atoms with Crippen LogP contribution in [0.5, 0.6) is 0 Å². The standard InChI is InChI=1S/C14H25N5O/c1-12-5-2-3-7-18(12)8-4-6-16-14(20)11-19-10-13(15)9-17-19/h9-10,12H,2-8,11,15H2,1H3,(H,16,20). The summed E-state index contributed by atoms with van der Waals surface area (Å²) < 4.78 is 1.55. The van der Waals surface area contributed by atoms with Crippen LogP contribution in [0.3, 0.4) is 0 Å². The van der Waals surface area contributed by atoms with Crippen LogP contribution in [-0.4, -0.2) is 46.3 Å². The largest absolute Gasteiger partial charge is 0.396 e. The van der Waals surface area contributed by atoms with E-state index in [1.165, 1.54) is 25.8 Å². The highest BCUT2D eigenvalue weighted by molar-refractivity contribution is 5.75. The van der Waals surface area contributed by atoms with Crippen LogP contribution in [0.25, 0.3) is 0 Å². The van der Waals surface area contributed by atoms with Gasteiger partial charge in [0, 0.05) is 25.3 Å². The molecule has 1 aliphatic heterocycles. The molecule has 0 aromatic carbocycles. The maximum absolute atomic E-state index is 11.7. The summed E-state index contributed by atoms with van der Waals surface area (Å²) in [6.45, 7) is 5.51. The fourth-order valence-electron chi connectivity index (χ4n) is 2.67. The third-order valence-electron chi connectivity index (χ3n) is 3.84. The molecule has 1 atom stereocenters. The zero-order valence-corrected chi connectivity index (χ0v) is 12.2. The van der Waals surface area contributed by atoms with Crippen LogP contribution >= 0.6 is 0 Å². The Hall–Kier alpha value is -1.56. The van der Waals surface area contributed by atoms with Crippen LogP contribution in [0, 0.1) is 0 Å². The Morgan fingerprint density at radius 3 is 3.10 bits per heavy atom. The summed E-state index contributed by atoms with van der Waals surface area (Å²) in [5.41, 5.74) is 6.13. The molecule has 0 saturated carbocycles. The number of aromatic nitrogens is 2. The van der Waals surface area contributed by atoms with Crippen LogP contribution in [0.1, 0.15) is 32.6 Å². The first kappa shape index (κ1) is 14.8. The molecule has 1 fully saturated rings. The molecule has 2 rings (SSSR count). The SMILES string of the molecule is CC1CCCCN1CCCNC(=O)Cn1cc(N)cn1. The summed E-state index contributed by atoms with van der Waals surface area (Å²) in [7, 11) is 0. The minimum absolute atomic E-state index is 0.0141. The average molecular weight is 279 g/mol. The fourth-order valence-corrected chi connectivity index (χ4v) is 2.67. The highest BCUT2D eigenvalue weighted by Crippen LogP contribution is 2.15. The van der Waals surface area contributed by atoms with Gasteiger partial charge in [-0.1, -0.05) is 6.42 Å². The highest BCUT2D eigenvalue weighted by atomic mass is 16.2. The number of piperidine rings is 1. The first-order valence-corrected chi connectivity index (χ1v) is 7.44. The van der Waals surface area contributed by atoms with E-state index in [4.69, 9.17) is 5.73 Å². The smallest absolute Gasteiger partial charge is 0.241 e. The van der Waals surface area contributed by atoms with Gasteiger partial charge in [-0.25, -0.2) is 0 Å². The number of nitrogens with zero attached hydrogens (tertiary/aromatic N) is 3. The lowest BCUT2D eigenvalue weighted by Gasteiger charge is -2.33. The second-order valence-corrected chi connectivity index (χ2v) is 5.56. The van der Waals surface area contributed by atoms with Crippen LogP contribution in [0.2, 0.25) is 0 Å². The van der Waals surface area contributed by atoms with E-state index < -0.39 is 0 Å². The Morgan fingerprint density at radius 1 is 1.55 bits per heavy atom. The summed E-state index contributed by atoms with van der Waals surface area (Å²) in [5, 5.41) is 6.92. The van der Waals surface area contributed by atoms with E-state index in [0.29, 0.717) is 11.7 Å². The summed E-state index contributed by atoms with van der Waals surface area (Å²) in [6.07, 6.45) is 8.16. The van der Waals surface area contributed by atoms with Gasteiger partial charge in [-0.05, 0) is 32.7 Å². The van der Waals surface area contributed by atoms with E-state index in [9.17, 15) is 4.79 Å². The van der Waals surface area contributed by atoms with Gasteiger partial charge in [0.25, 0.3) is 0 Å². The van der Waals surface area contributed by atoms with E-state index in [1.54, 1.807) is 17.1 Å². The number of nitrogen functional groups attached to an aromatic ring is 1. The van der Waals surface area contributed by atoms with Gasteiger partial charge >= 0.3 is 0 Å². The lowest BCUT2D eigenvalue weighted by Crippen LogP contribution is -2.39. The van der Waals surface area contributed by atoms with Crippen molar-refractivity contribution in [2.45, 2.75) is 45.2 Å². The Kier molecular flexibility index (Phi) is 5.40. The second kappa shape index (κ2) is 7.28. The molecule has 0 bridgehead atoms. The van der Waals surface area contributed by atoms with Gasteiger partial charge in [0.05, 0.1) is 11.9 Å². The highest BCUT2D eigenvalue weighted by Gasteiger charge is 2.17. The van der Waals surface area contributed by atoms with Gasteiger partial charge in [0.2, 0.25) is 5.91 Å². The van der Waals surface area contributed by atoms with Gasteiger partial charge < -0.3 is 16.0 Å². The molecule has 6 heteroatoms. The van der Waals surface area contributed by atoms with Crippen molar-refractivity contribution < 1.29 is 4.79 Å². The summed E-state index contributed by atoms with van der Waals surface area (Å²) in [5.74, 6) is -0.0141. The number of carbonyl (C=O) groups is 1.